The smallest absolute Gasteiger partial charge is 0.249 e. The van der Waals surface area contributed by atoms with Crippen LogP contribution in [0.25, 0.3) is 5.82 Å². The fourth-order valence-electron chi connectivity index (χ4n) is 4.53. The number of pyridine rings is 1. The third-order valence-corrected chi connectivity index (χ3v) is 6.24. The van der Waals surface area contributed by atoms with Gasteiger partial charge < -0.3 is 9.80 Å². The topological polar surface area (TPSA) is 88.4 Å². The first-order valence-electron chi connectivity index (χ1n) is 10.2. The highest BCUT2D eigenvalue weighted by molar-refractivity contribution is 5.99. The second kappa shape index (κ2) is 7.62. The van der Waals surface area contributed by atoms with E-state index in [1.165, 1.54) is 10.9 Å². The van der Waals surface area contributed by atoms with Crippen molar-refractivity contribution in [3.05, 3.63) is 42.1 Å². The average molecular weight is 413 g/mol. The standard InChI is InChI=1S/C21H24FN5O3/c1-3-26-19(29)13-25(20(30)21(26)8-6-17(28)7-9-21)14(2)15-4-5-18(23-10-15)27-12-16(22)11-24-27/h4-5,10-12,14H,3,6-9,13H2,1-2H3. The quantitative estimate of drug-likeness (QED) is 0.765. The van der Waals surface area contributed by atoms with E-state index in [0.29, 0.717) is 38.0 Å². The number of piperazine rings is 1. The molecule has 1 aliphatic heterocycles. The van der Waals surface area contributed by atoms with Crippen molar-refractivity contribution in [1.82, 2.24) is 24.6 Å². The molecule has 3 heterocycles. The van der Waals surface area contributed by atoms with Crippen LogP contribution in [-0.4, -0.2) is 60.8 Å². The molecule has 2 aromatic heterocycles. The van der Waals surface area contributed by atoms with Crippen LogP contribution < -0.4 is 0 Å². The molecule has 1 aliphatic carbocycles. The Hall–Kier alpha value is -3.10. The fourth-order valence-corrected chi connectivity index (χ4v) is 4.53. The van der Waals surface area contributed by atoms with Gasteiger partial charge in [-0.15, -0.1) is 0 Å². The van der Waals surface area contributed by atoms with Crippen LogP contribution in [0, 0.1) is 5.82 Å². The highest BCUT2D eigenvalue weighted by Gasteiger charge is 2.53. The Balaban J connectivity index is 1.60. The Morgan fingerprint density at radius 2 is 1.90 bits per heavy atom. The van der Waals surface area contributed by atoms with Crippen LogP contribution in [0.1, 0.15) is 51.1 Å². The van der Waals surface area contributed by atoms with Crippen LogP contribution in [0.4, 0.5) is 4.39 Å². The van der Waals surface area contributed by atoms with Gasteiger partial charge in [-0.25, -0.2) is 14.1 Å². The summed E-state index contributed by atoms with van der Waals surface area (Å²) < 4.78 is 14.5. The average Bonchev–Trinajstić information content (AvgIpc) is 3.19. The van der Waals surface area contributed by atoms with Gasteiger partial charge in [0.1, 0.15) is 17.9 Å². The molecule has 1 unspecified atom stereocenters. The van der Waals surface area contributed by atoms with Gasteiger partial charge in [0.05, 0.1) is 18.4 Å². The molecule has 30 heavy (non-hydrogen) atoms. The molecule has 0 aromatic carbocycles. The van der Waals surface area contributed by atoms with Crippen molar-refractivity contribution >= 4 is 17.6 Å². The minimum absolute atomic E-state index is 0.00431. The third kappa shape index (κ3) is 3.28. The van der Waals surface area contributed by atoms with Crippen LogP contribution in [0.15, 0.2) is 30.7 Å². The second-order valence-electron chi connectivity index (χ2n) is 7.87. The molecule has 2 aliphatic rings. The number of carbonyl (C=O) groups is 3. The molecule has 0 N–H and O–H groups in total. The highest BCUT2D eigenvalue weighted by atomic mass is 19.1. The van der Waals surface area contributed by atoms with Gasteiger partial charge in [-0.2, -0.15) is 5.10 Å². The summed E-state index contributed by atoms with van der Waals surface area (Å²) >= 11 is 0. The number of halogens is 1. The van der Waals surface area contributed by atoms with Gasteiger partial charge in [0, 0.05) is 25.6 Å². The summed E-state index contributed by atoms with van der Waals surface area (Å²) in [5.41, 5.74) is -0.175. The predicted molar refractivity (Wildman–Crippen MR) is 105 cm³/mol. The van der Waals surface area contributed by atoms with Gasteiger partial charge in [0.25, 0.3) is 0 Å². The van der Waals surface area contributed by atoms with Crippen LogP contribution in [0.5, 0.6) is 0 Å². The van der Waals surface area contributed by atoms with Crippen LogP contribution >= 0.6 is 0 Å². The van der Waals surface area contributed by atoms with E-state index in [9.17, 15) is 18.8 Å². The second-order valence-corrected chi connectivity index (χ2v) is 7.87. The Bertz CT molecular complexity index is 977. The maximum atomic E-state index is 13.6. The lowest BCUT2D eigenvalue weighted by Crippen LogP contribution is -2.69. The molecule has 4 rings (SSSR count). The van der Waals surface area contributed by atoms with E-state index in [0.717, 1.165) is 11.8 Å². The van der Waals surface area contributed by atoms with E-state index in [1.807, 2.05) is 13.8 Å². The number of likely N-dealkylation sites (N-methyl/N-ethyl adjacent to an activating group) is 1. The maximum Gasteiger partial charge on any atom is 0.249 e. The lowest BCUT2D eigenvalue weighted by Gasteiger charge is -2.51. The Morgan fingerprint density at radius 1 is 1.17 bits per heavy atom. The van der Waals surface area contributed by atoms with Gasteiger partial charge in [-0.05, 0) is 38.3 Å². The van der Waals surface area contributed by atoms with Crippen molar-refractivity contribution in [2.75, 3.05) is 13.1 Å². The van der Waals surface area contributed by atoms with Crippen molar-refractivity contribution < 1.29 is 18.8 Å². The van der Waals surface area contributed by atoms with E-state index < -0.39 is 11.4 Å². The number of nitrogens with zero attached hydrogens (tertiary/aromatic N) is 5. The normalized spacial score (nSPS) is 20.2. The molecule has 158 valence electrons. The summed E-state index contributed by atoms with van der Waals surface area (Å²) in [6, 6.07) is 3.13. The Morgan fingerprint density at radius 3 is 2.47 bits per heavy atom. The lowest BCUT2D eigenvalue weighted by molar-refractivity contribution is -0.170. The van der Waals surface area contributed by atoms with E-state index in [4.69, 9.17) is 0 Å². The summed E-state index contributed by atoms with van der Waals surface area (Å²) in [6.07, 6.45) is 5.31. The van der Waals surface area contributed by atoms with Crippen molar-refractivity contribution in [2.24, 2.45) is 0 Å². The van der Waals surface area contributed by atoms with Gasteiger partial charge in [-0.1, -0.05) is 6.07 Å². The van der Waals surface area contributed by atoms with E-state index in [-0.39, 0.29) is 30.2 Å². The summed E-state index contributed by atoms with van der Waals surface area (Å²) in [4.78, 5) is 45.8. The number of hydrogen-bond acceptors (Lipinski definition) is 5. The molecule has 2 fully saturated rings. The molecule has 8 nitrogen and oxygen atoms in total. The van der Waals surface area contributed by atoms with Gasteiger partial charge >= 0.3 is 0 Å². The summed E-state index contributed by atoms with van der Waals surface area (Å²) in [5, 5.41) is 3.89. The van der Waals surface area contributed by atoms with Crippen molar-refractivity contribution in [3.63, 3.8) is 0 Å². The first kappa shape index (κ1) is 20.2. The number of aromatic nitrogens is 3. The molecular formula is C21H24FN5O3. The Kier molecular flexibility index (Phi) is 5.13. The van der Waals surface area contributed by atoms with Crippen LogP contribution in [-0.2, 0) is 14.4 Å². The molecule has 0 bridgehead atoms. The number of ketones is 1. The lowest BCUT2D eigenvalue weighted by atomic mass is 9.76. The predicted octanol–water partition coefficient (Wildman–Crippen LogP) is 2.04. The zero-order valence-electron chi connectivity index (χ0n) is 17.0. The maximum absolute atomic E-state index is 13.6. The molecule has 2 aromatic rings. The molecular weight excluding hydrogens is 389 g/mol. The SMILES string of the molecule is CCN1C(=O)CN(C(C)c2ccc(-n3cc(F)cn3)nc2)C(=O)C12CCC(=O)CC2. The van der Waals surface area contributed by atoms with Gasteiger partial charge in [0.2, 0.25) is 11.8 Å². The molecule has 9 heteroatoms. The van der Waals surface area contributed by atoms with Crippen molar-refractivity contribution in [1.29, 1.82) is 0 Å². The first-order chi connectivity index (χ1) is 14.4. The summed E-state index contributed by atoms with van der Waals surface area (Å²) in [6.45, 7) is 4.16. The first-order valence-corrected chi connectivity index (χ1v) is 10.2. The fraction of sp³-hybridized carbons (Fsp3) is 0.476. The van der Waals surface area contributed by atoms with Crippen LogP contribution in [0.3, 0.4) is 0 Å². The monoisotopic (exact) mass is 413 g/mol. The minimum Gasteiger partial charge on any atom is -0.327 e. The van der Waals surface area contributed by atoms with E-state index in [1.54, 1.807) is 28.1 Å². The van der Waals surface area contributed by atoms with Crippen LogP contribution in [0.2, 0.25) is 0 Å². The van der Waals surface area contributed by atoms with Crippen molar-refractivity contribution in [3.8, 4) is 5.82 Å². The van der Waals surface area contributed by atoms with Gasteiger partial charge in [-0.3, -0.25) is 14.4 Å². The molecule has 2 amide bonds. The number of amides is 2. The largest absolute Gasteiger partial charge is 0.327 e. The van der Waals surface area contributed by atoms with Crippen molar-refractivity contribution in [2.45, 2.75) is 51.1 Å². The molecule has 1 atom stereocenters. The number of carbonyl (C=O) groups excluding carboxylic acids is 3. The minimum atomic E-state index is -0.938. The number of Topliss-reactive ketones (excluding diaryl/α,β-unsaturated/α-hetero) is 1. The zero-order valence-corrected chi connectivity index (χ0v) is 17.0. The van der Waals surface area contributed by atoms with E-state index >= 15 is 0 Å². The zero-order chi connectivity index (χ0) is 21.5. The van der Waals surface area contributed by atoms with E-state index in [2.05, 4.69) is 10.1 Å². The van der Waals surface area contributed by atoms with Gasteiger partial charge in [0.15, 0.2) is 11.6 Å². The molecule has 1 saturated heterocycles. The summed E-state index contributed by atoms with van der Waals surface area (Å²) in [7, 11) is 0. The molecule has 0 radical (unpaired) electrons. The number of hydrogen-bond donors (Lipinski definition) is 0. The molecule has 1 saturated carbocycles. The third-order valence-electron chi connectivity index (χ3n) is 6.24. The molecule has 1 spiro atoms. The summed E-state index contributed by atoms with van der Waals surface area (Å²) in [5.74, 6) is -0.0762. The Labute approximate surface area is 173 Å². The number of rotatable bonds is 4. The highest BCUT2D eigenvalue weighted by Crippen LogP contribution is 2.39.